The summed E-state index contributed by atoms with van der Waals surface area (Å²) < 4.78 is 5.85. The highest BCUT2D eigenvalue weighted by Crippen LogP contribution is 2.19. The second-order valence-electron chi connectivity index (χ2n) is 6.76. The number of amides is 1. The molecule has 0 aliphatic carbocycles. The van der Waals surface area contributed by atoms with Crippen LogP contribution in [0.1, 0.15) is 25.0 Å². The van der Waals surface area contributed by atoms with E-state index in [0.29, 0.717) is 25.5 Å². The first-order chi connectivity index (χ1) is 12.6. The van der Waals surface area contributed by atoms with E-state index in [-0.39, 0.29) is 5.91 Å². The average Bonchev–Trinajstić information content (AvgIpc) is 2.65. The molecule has 2 aromatic carbocycles. The minimum Gasteiger partial charge on any atom is -0.493 e. The van der Waals surface area contributed by atoms with Crippen LogP contribution < -0.4 is 10.1 Å². The van der Waals surface area contributed by atoms with Crippen LogP contribution in [0.5, 0.6) is 5.75 Å². The molecular formula is C22H24N2O2. The molecule has 4 nitrogen and oxygen atoms in total. The van der Waals surface area contributed by atoms with Crippen LogP contribution in [-0.4, -0.2) is 17.5 Å². The van der Waals surface area contributed by atoms with E-state index in [0.717, 1.165) is 27.8 Å². The summed E-state index contributed by atoms with van der Waals surface area (Å²) in [4.78, 5) is 16.8. The molecule has 0 saturated carbocycles. The van der Waals surface area contributed by atoms with Gasteiger partial charge in [0.15, 0.2) is 0 Å². The number of rotatable bonds is 7. The molecule has 1 aromatic heterocycles. The fraction of sp³-hybridized carbons (Fsp3) is 0.273. The predicted octanol–water partition coefficient (Wildman–Crippen LogP) is 4.13. The summed E-state index contributed by atoms with van der Waals surface area (Å²) in [6, 6.07) is 17.7. The van der Waals surface area contributed by atoms with E-state index in [1.807, 2.05) is 54.6 Å². The third-order valence-corrected chi connectivity index (χ3v) is 4.09. The van der Waals surface area contributed by atoms with Gasteiger partial charge in [0, 0.05) is 23.7 Å². The van der Waals surface area contributed by atoms with Crippen molar-refractivity contribution in [1.82, 2.24) is 10.3 Å². The molecule has 0 saturated heterocycles. The minimum absolute atomic E-state index is 0.0261. The third-order valence-electron chi connectivity index (χ3n) is 4.09. The molecule has 0 bridgehead atoms. The summed E-state index contributed by atoms with van der Waals surface area (Å²) in [6.45, 7) is 5.34. The van der Waals surface area contributed by atoms with Gasteiger partial charge in [0.25, 0.3) is 0 Å². The van der Waals surface area contributed by atoms with Crippen molar-refractivity contribution < 1.29 is 9.53 Å². The molecule has 0 aliphatic heterocycles. The Morgan fingerprint density at radius 1 is 1.04 bits per heavy atom. The summed E-state index contributed by atoms with van der Waals surface area (Å²) in [7, 11) is 0. The van der Waals surface area contributed by atoms with Crippen LogP contribution in [0, 0.1) is 5.92 Å². The van der Waals surface area contributed by atoms with Crippen molar-refractivity contribution in [3.05, 3.63) is 71.9 Å². The van der Waals surface area contributed by atoms with E-state index >= 15 is 0 Å². The van der Waals surface area contributed by atoms with Crippen molar-refractivity contribution in [3.8, 4) is 5.75 Å². The Labute approximate surface area is 154 Å². The molecule has 1 N–H and O–H groups in total. The summed E-state index contributed by atoms with van der Waals surface area (Å²) in [5.41, 5.74) is 2.80. The smallest absolute Gasteiger partial charge is 0.224 e. The van der Waals surface area contributed by atoms with Crippen LogP contribution in [0.15, 0.2) is 60.8 Å². The fourth-order valence-electron chi connectivity index (χ4n) is 2.79. The molecule has 0 fully saturated rings. The summed E-state index contributed by atoms with van der Waals surface area (Å²) in [6.07, 6.45) is 2.06. The monoisotopic (exact) mass is 348 g/mol. The number of fused-ring (bicyclic) bond motifs is 1. The van der Waals surface area contributed by atoms with Crippen molar-refractivity contribution in [2.45, 2.75) is 26.8 Å². The van der Waals surface area contributed by atoms with Crippen molar-refractivity contribution in [1.29, 1.82) is 0 Å². The van der Waals surface area contributed by atoms with E-state index in [9.17, 15) is 4.79 Å². The number of para-hydroxylation sites is 2. The summed E-state index contributed by atoms with van der Waals surface area (Å²) >= 11 is 0. The highest BCUT2D eigenvalue weighted by atomic mass is 16.5. The van der Waals surface area contributed by atoms with E-state index in [2.05, 4.69) is 24.1 Å². The molecule has 0 atom stereocenters. The normalized spacial score (nSPS) is 10.9. The number of nitrogens with one attached hydrogen (secondary N) is 1. The highest BCUT2D eigenvalue weighted by molar-refractivity contribution is 5.87. The van der Waals surface area contributed by atoms with Crippen LogP contribution in [0.25, 0.3) is 10.9 Å². The second kappa shape index (κ2) is 8.48. The van der Waals surface area contributed by atoms with Crippen LogP contribution >= 0.6 is 0 Å². The van der Waals surface area contributed by atoms with E-state index in [4.69, 9.17) is 4.74 Å². The number of hydrogen-bond donors (Lipinski definition) is 1. The van der Waals surface area contributed by atoms with E-state index in [1.54, 1.807) is 6.20 Å². The molecule has 0 unspecified atom stereocenters. The minimum atomic E-state index is -0.0261. The molecule has 0 spiro atoms. The standard InChI is InChI=1S/C22H24N2O2/c1-16(2)15-26-20-11-4-3-7-19(20)14-24-21(25)13-18-9-5-8-17-10-6-12-23-22(17)18/h3-12,16H,13-15H2,1-2H3,(H,24,25). The van der Waals surface area contributed by atoms with Crippen molar-refractivity contribution in [3.63, 3.8) is 0 Å². The highest BCUT2D eigenvalue weighted by Gasteiger charge is 2.09. The number of hydrogen-bond acceptors (Lipinski definition) is 3. The van der Waals surface area contributed by atoms with Gasteiger partial charge in [-0.15, -0.1) is 0 Å². The molecule has 1 heterocycles. The van der Waals surface area contributed by atoms with Gasteiger partial charge in [0.1, 0.15) is 5.75 Å². The first-order valence-corrected chi connectivity index (χ1v) is 8.93. The molecule has 1 amide bonds. The quantitative estimate of drug-likeness (QED) is 0.698. The van der Waals surface area contributed by atoms with Crippen molar-refractivity contribution >= 4 is 16.8 Å². The summed E-state index contributed by atoms with van der Waals surface area (Å²) in [5, 5.41) is 4.04. The Bertz CT molecular complexity index is 885. The Balaban J connectivity index is 1.64. The first kappa shape index (κ1) is 17.9. The van der Waals surface area contributed by atoms with Gasteiger partial charge in [-0.25, -0.2) is 0 Å². The number of ether oxygens (including phenoxy) is 1. The molecular weight excluding hydrogens is 324 g/mol. The average molecular weight is 348 g/mol. The number of benzene rings is 2. The van der Waals surface area contributed by atoms with Gasteiger partial charge in [-0.3, -0.25) is 9.78 Å². The van der Waals surface area contributed by atoms with Gasteiger partial charge in [-0.2, -0.15) is 0 Å². The zero-order valence-corrected chi connectivity index (χ0v) is 15.2. The van der Waals surface area contributed by atoms with E-state index in [1.165, 1.54) is 0 Å². The topological polar surface area (TPSA) is 51.2 Å². The first-order valence-electron chi connectivity index (χ1n) is 8.93. The van der Waals surface area contributed by atoms with Gasteiger partial charge in [-0.05, 0) is 23.6 Å². The Kier molecular flexibility index (Phi) is 5.84. The lowest BCUT2D eigenvalue weighted by molar-refractivity contribution is -0.120. The molecule has 4 heteroatoms. The maximum absolute atomic E-state index is 12.4. The molecule has 0 radical (unpaired) electrons. The molecule has 134 valence electrons. The number of nitrogens with zero attached hydrogens (tertiary/aromatic N) is 1. The lowest BCUT2D eigenvalue weighted by Crippen LogP contribution is -2.25. The van der Waals surface area contributed by atoms with Crippen LogP contribution in [0.2, 0.25) is 0 Å². The Hall–Kier alpha value is -2.88. The van der Waals surface area contributed by atoms with Crippen molar-refractivity contribution in [2.75, 3.05) is 6.61 Å². The molecule has 26 heavy (non-hydrogen) atoms. The third kappa shape index (κ3) is 4.60. The fourth-order valence-corrected chi connectivity index (χ4v) is 2.79. The van der Waals surface area contributed by atoms with Gasteiger partial charge in [0.05, 0.1) is 18.5 Å². The lowest BCUT2D eigenvalue weighted by Gasteiger charge is -2.14. The van der Waals surface area contributed by atoms with Gasteiger partial charge in [-0.1, -0.05) is 56.3 Å². The molecule has 0 aliphatic rings. The largest absolute Gasteiger partial charge is 0.493 e. The van der Waals surface area contributed by atoms with Crippen LogP contribution in [0.4, 0.5) is 0 Å². The Morgan fingerprint density at radius 3 is 2.65 bits per heavy atom. The Morgan fingerprint density at radius 2 is 1.81 bits per heavy atom. The summed E-state index contributed by atoms with van der Waals surface area (Å²) in [5.74, 6) is 1.26. The molecule has 3 aromatic rings. The van der Waals surface area contributed by atoms with Gasteiger partial charge in [0.2, 0.25) is 5.91 Å². The van der Waals surface area contributed by atoms with E-state index < -0.39 is 0 Å². The number of carbonyl (C=O) groups is 1. The predicted molar refractivity (Wildman–Crippen MR) is 104 cm³/mol. The zero-order valence-electron chi connectivity index (χ0n) is 15.2. The van der Waals surface area contributed by atoms with Crippen LogP contribution in [0.3, 0.4) is 0 Å². The van der Waals surface area contributed by atoms with Crippen LogP contribution in [-0.2, 0) is 17.8 Å². The number of aromatic nitrogens is 1. The second-order valence-corrected chi connectivity index (χ2v) is 6.76. The maximum Gasteiger partial charge on any atom is 0.224 e. The lowest BCUT2D eigenvalue weighted by atomic mass is 10.1. The number of carbonyl (C=O) groups excluding carboxylic acids is 1. The maximum atomic E-state index is 12.4. The zero-order chi connectivity index (χ0) is 18.4. The molecule has 3 rings (SSSR count). The SMILES string of the molecule is CC(C)COc1ccccc1CNC(=O)Cc1cccc2cccnc12. The van der Waals surface area contributed by atoms with Gasteiger partial charge < -0.3 is 10.1 Å². The van der Waals surface area contributed by atoms with Crippen molar-refractivity contribution in [2.24, 2.45) is 5.92 Å². The van der Waals surface area contributed by atoms with Gasteiger partial charge >= 0.3 is 0 Å². The number of pyridine rings is 1.